The van der Waals surface area contributed by atoms with Gasteiger partial charge in [0.1, 0.15) is 25.8 Å². The maximum Gasteiger partial charge on any atom is 0.264 e. The minimum absolute atomic E-state index is 0.00926. The summed E-state index contributed by atoms with van der Waals surface area (Å²) < 4.78 is 40.4. The largest absolute Gasteiger partial charge is 0.486 e. The molecule has 0 saturated heterocycles. The van der Waals surface area contributed by atoms with E-state index in [9.17, 15) is 18.0 Å². The lowest BCUT2D eigenvalue weighted by atomic mass is 10.1. The van der Waals surface area contributed by atoms with Crippen LogP contribution in [-0.4, -0.2) is 57.0 Å². The van der Waals surface area contributed by atoms with Gasteiger partial charge in [-0.3, -0.25) is 13.9 Å². The topological polar surface area (TPSA) is 105 Å². The summed E-state index contributed by atoms with van der Waals surface area (Å²) in [6.45, 7) is 1.77. The normalized spacial score (nSPS) is 15.5. The second-order valence-electron chi connectivity index (χ2n) is 10.6. The zero-order valence-electron chi connectivity index (χ0n) is 23.7. The first kappa shape index (κ1) is 31.0. The number of carbonyl (C=O) groups is 2. The zero-order chi connectivity index (χ0) is 30.6. The molecule has 1 saturated carbocycles. The lowest BCUT2D eigenvalue weighted by molar-refractivity contribution is -0.139. The molecule has 12 heteroatoms. The number of nitrogens with one attached hydrogen (secondary N) is 1. The van der Waals surface area contributed by atoms with Crippen LogP contribution in [0, 0.1) is 0 Å². The van der Waals surface area contributed by atoms with Gasteiger partial charge in [-0.15, -0.1) is 0 Å². The Morgan fingerprint density at radius 2 is 1.63 bits per heavy atom. The fraction of sp³-hybridized carbons (Fsp3) is 0.355. The second-order valence-corrected chi connectivity index (χ2v) is 13.3. The molecular formula is C31H33Cl2N3O6S. The number of carbonyl (C=O) groups excluding carboxylic acids is 2. The Kier molecular flexibility index (Phi) is 9.68. The van der Waals surface area contributed by atoms with Crippen LogP contribution in [0.2, 0.25) is 10.0 Å². The summed E-state index contributed by atoms with van der Waals surface area (Å²) in [7, 11) is -4.21. The van der Waals surface area contributed by atoms with Crippen molar-refractivity contribution in [3.8, 4) is 11.5 Å². The van der Waals surface area contributed by atoms with Crippen molar-refractivity contribution in [3.63, 3.8) is 0 Å². The number of amides is 2. The van der Waals surface area contributed by atoms with Crippen LogP contribution in [0.3, 0.4) is 0 Å². The summed E-state index contributed by atoms with van der Waals surface area (Å²) in [5.41, 5.74) is 0.860. The van der Waals surface area contributed by atoms with E-state index >= 15 is 0 Å². The summed E-state index contributed by atoms with van der Waals surface area (Å²) in [5.74, 6) is -0.0232. The van der Waals surface area contributed by atoms with Crippen molar-refractivity contribution in [2.75, 3.05) is 24.1 Å². The fourth-order valence-corrected chi connectivity index (χ4v) is 6.99. The molecule has 1 N–H and O–H groups in total. The molecule has 0 bridgehead atoms. The molecule has 5 rings (SSSR count). The van der Waals surface area contributed by atoms with E-state index in [1.807, 2.05) is 0 Å². The molecule has 3 aromatic rings. The number of halogens is 2. The van der Waals surface area contributed by atoms with Gasteiger partial charge in [0.2, 0.25) is 11.8 Å². The average Bonchev–Trinajstić information content (AvgIpc) is 3.53. The van der Waals surface area contributed by atoms with E-state index in [1.54, 1.807) is 61.5 Å². The molecule has 3 aromatic carbocycles. The number of rotatable bonds is 10. The van der Waals surface area contributed by atoms with E-state index in [4.69, 9.17) is 32.7 Å². The summed E-state index contributed by atoms with van der Waals surface area (Å²) >= 11 is 12.4. The van der Waals surface area contributed by atoms with Gasteiger partial charge in [-0.1, -0.05) is 60.3 Å². The first-order valence-corrected chi connectivity index (χ1v) is 16.3. The molecule has 1 aliphatic carbocycles. The molecule has 0 unspecified atom stereocenters. The Bertz CT molecular complexity index is 1580. The lowest BCUT2D eigenvalue weighted by Crippen LogP contribution is -2.52. The average molecular weight is 647 g/mol. The lowest BCUT2D eigenvalue weighted by Gasteiger charge is -2.33. The molecule has 228 valence electrons. The monoisotopic (exact) mass is 645 g/mol. The van der Waals surface area contributed by atoms with Gasteiger partial charge in [-0.05, 0) is 61.7 Å². The van der Waals surface area contributed by atoms with Gasteiger partial charge in [0.05, 0.1) is 20.6 Å². The molecule has 1 aliphatic heterocycles. The van der Waals surface area contributed by atoms with Crippen LogP contribution in [0.15, 0.2) is 71.6 Å². The quantitative estimate of drug-likeness (QED) is 0.315. The van der Waals surface area contributed by atoms with Crippen LogP contribution >= 0.6 is 23.2 Å². The van der Waals surface area contributed by atoms with Gasteiger partial charge in [-0.25, -0.2) is 8.42 Å². The minimum Gasteiger partial charge on any atom is -0.486 e. The first-order chi connectivity index (χ1) is 20.6. The van der Waals surface area contributed by atoms with Gasteiger partial charge >= 0.3 is 0 Å². The second kappa shape index (κ2) is 13.4. The molecule has 0 radical (unpaired) electrons. The fourth-order valence-electron chi connectivity index (χ4n) is 5.24. The van der Waals surface area contributed by atoms with Crippen molar-refractivity contribution in [2.24, 2.45) is 0 Å². The summed E-state index contributed by atoms with van der Waals surface area (Å²) in [4.78, 5) is 28.9. The number of fused-ring (bicyclic) bond motifs is 1. The van der Waals surface area contributed by atoms with Crippen molar-refractivity contribution in [1.29, 1.82) is 0 Å². The van der Waals surface area contributed by atoms with Crippen LogP contribution in [-0.2, 0) is 26.2 Å². The van der Waals surface area contributed by atoms with Crippen LogP contribution in [0.5, 0.6) is 11.5 Å². The molecule has 1 fully saturated rings. The summed E-state index contributed by atoms with van der Waals surface area (Å²) in [6, 6.07) is 16.7. The summed E-state index contributed by atoms with van der Waals surface area (Å²) in [6.07, 6.45) is 3.83. The van der Waals surface area contributed by atoms with Crippen molar-refractivity contribution in [1.82, 2.24) is 10.2 Å². The molecule has 9 nitrogen and oxygen atoms in total. The van der Waals surface area contributed by atoms with E-state index < -0.39 is 28.5 Å². The number of nitrogens with zero attached hydrogens (tertiary/aromatic N) is 2. The summed E-state index contributed by atoms with van der Waals surface area (Å²) in [5, 5.41) is 3.71. The highest BCUT2D eigenvalue weighted by atomic mass is 35.5. The van der Waals surface area contributed by atoms with Gasteiger partial charge in [0, 0.05) is 18.7 Å². The number of anilines is 1. The number of benzene rings is 3. The highest BCUT2D eigenvalue weighted by molar-refractivity contribution is 7.92. The predicted octanol–water partition coefficient (Wildman–Crippen LogP) is 5.44. The molecule has 0 aromatic heterocycles. The van der Waals surface area contributed by atoms with Gasteiger partial charge in [0.25, 0.3) is 10.0 Å². The highest BCUT2D eigenvalue weighted by Gasteiger charge is 2.34. The molecule has 2 aliphatic rings. The zero-order valence-corrected chi connectivity index (χ0v) is 26.0. The Balaban J connectivity index is 1.50. The number of ether oxygens (including phenoxy) is 2. The Morgan fingerprint density at radius 1 is 0.930 bits per heavy atom. The third-order valence-electron chi connectivity index (χ3n) is 7.63. The van der Waals surface area contributed by atoms with Crippen LogP contribution in [0.1, 0.15) is 38.2 Å². The smallest absolute Gasteiger partial charge is 0.264 e. The molecular weight excluding hydrogens is 613 g/mol. The van der Waals surface area contributed by atoms with Crippen LogP contribution < -0.4 is 19.1 Å². The highest BCUT2D eigenvalue weighted by Crippen LogP contribution is 2.36. The van der Waals surface area contributed by atoms with Crippen molar-refractivity contribution in [3.05, 3.63) is 82.3 Å². The van der Waals surface area contributed by atoms with E-state index in [-0.39, 0.29) is 29.1 Å². The number of hydrogen-bond acceptors (Lipinski definition) is 6. The van der Waals surface area contributed by atoms with Crippen molar-refractivity contribution in [2.45, 2.75) is 56.1 Å². The molecule has 1 heterocycles. The number of sulfonamides is 1. The third-order valence-corrected chi connectivity index (χ3v) is 10.2. The van der Waals surface area contributed by atoms with Gasteiger partial charge in [-0.2, -0.15) is 0 Å². The maximum absolute atomic E-state index is 14.2. The minimum atomic E-state index is -4.21. The van der Waals surface area contributed by atoms with E-state index in [2.05, 4.69) is 5.32 Å². The van der Waals surface area contributed by atoms with Crippen LogP contribution in [0.4, 0.5) is 5.69 Å². The van der Waals surface area contributed by atoms with E-state index in [0.29, 0.717) is 40.3 Å². The van der Waals surface area contributed by atoms with Crippen LogP contribution in [0.25, 0.3) is 0 Å². The molecule has 43 heavy (non-hydrogen) atoms. The molecule has 2 amide bonds. The van der Waals surface area contributed by atoms with Gasteiger partial charge < -0.3 is 19.7 Å². The van der Waals surface area contributed by atoms with E-state index in [1.165, 1.54) is 17.0 Å². The Hall–Kier alpha value is -3.47. The standard InChI is InChI=1S/C31H33Cl2N3O6S/c1-21(31(38)34-23-7-5-6-8-23)35(19-22-11-13-26(32)27(33)17-22)30(37)20-36(43(39,40)25-9-3-2-4-10-25)24-12-14-28-29(18-24)42-16-15-41-28/h2-4,9-14,17-18,21,23H,5-8,15-16,19-20H2,1H3,(H,34,38)/t21-/m1/s1. The third kappa shape index (κ3) is 7.20. The number of hydrogen-bond donors (Lipinski definition) is 1. The Morgan fingerprint density at radius 3 is 2.33 bits per heavy atom. The van der Waals surface area contributed by atoms with Crippen molar-refractivity contribution >= 4 is 50.7 Å². The van der Waals surface area contributed by atoms with Crippen molar-refractivity contribution < 1.29 is 27.5 Å². The van der Waals surface area contributed by atoms with Gasteiger partial charge in [0.15, 0.2) is 11.5 Å². The predicted molar refractivity (Wildman–Crippen MR) is 165 cm³/mol. The molecule has 0 spiro atoms. The Labute approximate surface area is 261 Å². The van der Waals surface area contributed by atoms with E-state index in [0.717, 1.165) is 30.0 Å². The molecule has 1 atom stereocenters. The first-order valence-electron chi connectivity index (χ1n) is 14.1. The maximum atomic E-state index is 14.2. The SMILES string of the molecule is C[C@H](C(=O)NC1CCCC1)N(Cc1ccc(Cl)c(Cl)c1)C(=O)CN(c1ccc2c(c1)OCCO2)S(=O)(=O)c1ccccc1.